The zero-order valence-electron chi connectivity index (χ0n) is 13.5. The molecule has 10 nitrogen and oxygen atoms in total. The maximum Gasteiger partial charge on any atom is 0.167 e. The van der Waals surface area contributed by atoms with Crippen molar-refractivity contribution in [3.05, 3.63) is 18.1 Å². The first-order chi connectivity index (χ1) is 11.6. The monoisotopic (exact) mass is 339 g/mol. The van der Waals surface area contributed by atoms with E-state index < -0.39 is 24.5 Å². The Labute approximate surface area is 137 Å². The second-order valence-corrected chi connectivity index (χ2v) is 5.59. The van der Waals surface area contributed by atoms with Crippen LogP contribution in [0.25, 0.3) is 11.2 Å². The van der Waals surface area contributed by atoms with E-state index >= 15 is 0 Å². The van der Waals surface area contributed by atoms with Crippen LogP contribution in [0.5, 0.6) is 0 Å². The summed E-state index contributed by atoms with van der Waals surface area (Å²) in [7, 11) is 3.26. The minimum Gasteiger partial charge on any atom is -0.394 e. The molecule has 0 bridgehead atoms. The molecule has 3 rings (SSSR count). The van der Waals surface area contributed by atoms with Gasteiger partial charge in [-0.1, -0.05) is 0 Å². The molecular weight excluding hydrogens is 318 g/mol. The molecule has 0 amide bonds. The zero-order chi connectivity index (χ0) is 17.3. The number of hydrogen-bond donors (Lipinski definition) is 3. The van der Waals surface area contributed by atoms with E-state index in [9.17, 15) is 10.2 Å². The molecule has 3 N–H and O–H groups in total. The van der Waals surface area contributed by atoms with Crippen molar-refractivity contribution in [1.29, 1.82) is 5.41 Å². The van der Waals surface area contributed by atoms with Crippen LogP contribution in [0.15, 0.2) is 12.7 Å². The molecule has 2 aromatic rings. The van der Waals surface area contributed by atoms with Gasteiger partial charge in [0.2, 0.25) is 0 Å². The van der Waals surface area contributed by atoms with Crippen molar-refractivity contribution in [2.24, 2.45) is 7.05 Å². The number of aromatic nitrogens is 4. The topological polar surface area (TPSA) is 128 Å². The van der Waals surface area contributed by atoms with Gasteiger partial charge < -0.3 is 29.0 Å². The predicted octanol–water partition coefficient (Wildman–Crippen LogP) is -1.47. The number of aryl methyl sites for hydroxylation is 1. The number of nitrogens with one attached hydrogen (secondary N) is 1. The number of rotatable bonds is 6. The Hall–Kier alpha value is -1.85. The molecule has 2 aromatic heterocycles. The minimum absolute atomic E-state index is 0.206. The van der Waals surface area contributed by atoms with Crippen molar-refractivity contribution < 1.29 is 24.4 Å². The SMILES string of the molecule is COCCO[C@H]1[C@@H](O)[C@H](n2cnc3c(=N)n(C)cnc32)O[C@@H]1CO. The fraction of sp³-hybridized carbons (Fsp3) is 0.643. The Kier molecular flexibility index (Phi) is 4.92. The van der Waals surface area contributed by atoms with E-state index in [-0.39, 0.29) is 18.7 Å². The van der Waals surface area contributed by atoms with Crippen LogP contribution < -0.4 is 5.49 Å². The lowest BCUT2D eigenvalue weighted by Crippen LogP contribution is -2.37. The normalized spacial score (nSPS) is 27.2. The largest absolute Gasteiger partial charge is 0.394 e. The summed E-state index contributed by atoms with van der Waals surface area (Å²) in [6.45, 7) is 0.366. The molecule has 1 aliphatic heterocycles. The number of hydrogen-bond acceptors (Lipinski definition) is 8. The average Bonchev–Trinajstić information content (AvgIpc) is 3.13. The van der Waals surface area contributed by atoms with Gasteiger partial charge in [0.1, 0.15) is 23.8 Å². The lowest BCUT2D eigenvalue weighted by molar-refractivity contribution is -0.0678. The van der Waals surface area contributed by atoms with E-state index in [4.69, 9.17) is 19.6 Å². The van der Waals surface area contributed by atoms with E-state index in [0.717, 1.165) is 0 Å². The summed E-state index contributed by atoms with van der Waals surface area (Å²) in [5.74, 6) is 0. The van der Waals surface area contributed by atoms with Crippen LogP contribution >= 0.6 is 0 Å². The van der Waals surface area contributed by atoms with E-state index in [0.29, 0.717) is 17.8 Å². The van der Waals surface area contributed by atoms with Crippen LogP contribution in [-0.4, -0.2) is 74.6 Å². The van der Waals surface area contributed by atoms with Crippen molar-refractivity contribution in [3.8, 4) is 0 Å². The number of aliphatic hydroxyl groups excluding tert-OH is 2. The van der Waals surface area contributed by atoms with Gasteiger partial charge in [-0.3, -0.25) is 9.98 Å². The summed E-state index contributed by atoms with van der Waals surface area (Å²) in [6.07, 6.45) is -0.214. The van der Waals surface area contributed by atoms with Crippen molar-refractivity contribution in [2.75, 3.05) is 26.9 Å². The second-order valence-electron chi connectivity index (χ2n) is 5.59. The maximum absolute atomic E-state index is 10.6. The molecule has 0 saturated carbocycles. The predicted molar refractivity (Wildman–Crippen MR) is 81.0 cm³/mol. The summed E-state index contributed by atoms with van der Waals surface area (Å²) in [5, 5.41) is 28.1. The van der Waals surface area contributed by atoms with Gasteiger partial charge in [0, 0.05) is 14.2 Å². The molecule has 1 saturated heterocycles. The molecule has 1 fully saturated rings. The van der Waals surface area contributed by atoms with E-state index in [2.05, 4.69) is 9.97 Å². The van der Waals surface area contributed by atoms with Gasteiger partial charge in [-0.25, -0.2) is 9.97 Å². The van der Waals surface area contributed by atoms with E-state index in [1.807, 2.05) is 0 Å². The summed E-state index contributed by atoms with van der Waals surface area (Å²) >= 11 is 0. The van der Waals surface area contributed by atoms with Gasteiger partial charge >= 0.3 is 0 Å². The van der Waals surface area contributed by atoms with Gasteiger partial charge in [0.05, 0.1) is 32.5 Å². The molecule has 4 atom stereocenters. The highest BCUT2D eigenvalue weighted by Gasteiger charge is 2.45. The van der Waals surface area contributed by atoms with Gasteiger partial charge in [-0.15, -0.1) is 0 Å². The van der Waals surface area contributed by atoms with E-state index in [1.165, 1.54) is 12.7 Å². The van der Waals surface area contributed by atoms with Crippen LogP contribution in [-0.2, 0) is 21.3 Å². The Balaban J connectivity index is 1.90. The minimum atomic E-state index is -1.01. The van der Waals surface area contributed by atoms with Crippen LogP contribution in [0.1, 0.15) is 6.23 Å². The van der Waals surface area contributed by atoms with Gasteiger partial charge in [-0.05, 0) is 0 Å². The highest BCUT2D eigenvalue weighted by atomic mass is 16.6. The van der Waals surface area contributed by atoms with Crippen LogP contribution in [0.2, 0.25) is 0 Å². The fourth-order valence-electron chi connectivity index (χ4n) is 2.77. The molecule has 0 aliphatic carbocycles. The maximum atomic E-state index is 10.6. The average molecular weight is 339 g/mol. The van der Waals surface area contributed by atoms with Crippen LogP contribution in [0, 0.1) is 5.41 Å². The van der Waals surface area contributed by atoms with Crippen molar-refractivity contribution >= 4 is 11.2 Å². The molecule has 132 valence electrons. The Morgan fingerprint density at radius 2 is 2.12 bits per heavy atom. The third-order valence-electron chi connectivity index (χ3n) is 4.06. The summed E-state index contributed by atoms with van der Waals surface area (Å²) in [5.41, 5.74) is 1.04. The van der Waals surface area contributed by atoms with Crippen LogP contribution in [0.3, 0.4) is 0 Å². The third-order valence-corrected chi connectivity index (χ3v) is 4.06. The van der Waals surface area contributed by atoms with Gasteiger partial charge in [0.15, 0.2) is 17.4 Å². The Morgan fingerprint density at radius 3 is 2.83 bits per heavy atom. The van der Waals surface area contributed by atoms with Crippen LogP contribution in [0.4, 0.5) is 0 Å². The lowest BCUT2D eigenvalue weighted by atomic mass is 10.1. The highest BCUT2D eigenvalue weighted by molar-refractivity contribution is 5.68. The molecule has 3 heterocycles. The van der Waals surface area contributed by atoms with Crippen molar-refractivity contribution in [3.63, 3.8) is 0 Å². The fourth-order valence-corrected chi connectivity index (χ4v) is 2.77. The Morgan fingerprint density at radius 1 is 1.33 bits per heavy atom. The quantitative estimate of drug-likeness (QED) is 0.548. The molecule has 24 heavy (non-hydrogen) atoms. The van der Waals surface area contributed by atoms with Gasteiger partial charge in [0.25, 0.3) is 0 Å². The number of fused-ring (bicyclic) bond motifs is 1. The summed E-state index contributed by atoms with van der Waals surface area (Å²) < 4.78 is 19.3. The molecule has 0 spiro atoms. The Bertz CT molecular complexity index is 760. The zero-order valence-corrected chi connectivity index (χ0v) is 13.5. The summed E-state index contributed by atoms with van der Waals surface area (Å²) in [6, 6.07) is 0. The van der Waals surface area contributed by atoms with Crippen molar-refractivity contribution in [2.45, 2.75) is 24.5 Å². The van der Waals surface area contributed by atoms with E-state index in [1.54, 1.807) is 23.3 Å². The second kappa shape index (κ2) is 6.95. The molecular formula is C14H21N5O5. The molecule has 10 heteroatoms. The highest BCUT2D eigenvalue weighted by Crippen LogP contribution is 2.32. The molecule has 0 radical (unpaired) electrons. The first-order valence-corrected chi connectivity index (χ1v) is 7.56. The number of aliphatic hydroxyl groups is 2. The van der Waals surface area contributed by atoms with Crippen molar-refractivity contribution in [1.82, 2.24) is 19.1 Å². The number of methoxy groups -OCH3 is 1. The molecule has 0 aromatic carbocycles. The number of nitrogens with zero attached hydrogens (tertiary/aromatic N) is 4. The third kappa shape index (κ3) is 2.82. The smallest absolute Gasteiger partial charge is 0.167 e. The summed E-state index contributed by atoms with van der Waals surface area (Å²) in [4.78, 5) is 8.45. The standard InChI is InChI=1S/C14H21N5O5/c1-18-6-17-13-9(12(18)15)16-7-19(13)14-10(21)11(8(5-20)24-14)23-4-3-22-2/h6-8,10-11,14-15,20-21H,3-5H2,1-2H3/t8-,10-,11-,14-/m1/s1. The van der Waals surface area contributed by atoms with Gasteiger partial charge in [-0.2, -0.15) is 0 Å². The molecule has 1 aliphatic rings. The number of imidazole rings is 1. The first kappa shape index (κ1) is 17.0. The molecule has 0 unspecified atom stereocenters. The number of ether oxygens (including phenoxy) is 3. The lowest BCUT2D eigenvalue weighted by Gasteiger charge is -2.19. The first-order valence-electron chi connectivity index (χ1n) is 7.56.